The molecule has 1 fully saturated rings. The van der Waals surface area contributed by atoms with Crippen molar-refractivity contribution in [3.05, 3.63) is 29.8 Å². The third kappa shape index (κ3) is 3.37. The van der Waals surface area contributed by atoms with Crippen LogP contribution in [0.3, 0.4) is 0 Å². The average molecular weight is 259 g/mol. The van der Waals surface area contributed by atoms with Gasteiger partial charge in [0.25, 0.3) is 0 Å². The van der Waals surface area contributed by atoms with Crippen LogP contribution in [-0.2, 0) is 0 Å². The molecule has 0 spiro atoms. The standard InChI is InChI=1S/C17H25NO/c1-4-17(19)15-5-7-16(8-6-15)18-11-9-14(10-12-18)13(2)3/h5-8,13-14H,4,9-12H2,1-3H3. The van der Waals surface area contributed by atoms with Gasteiger partial charge in [0, 0.05) is 30.8 Å². The van der Waals surface area contributed by atoms with E-state index >= 15 is 0 Å². The summed E-state index contributed by atoms with van der Waals surface area (Å²) in [5.41, 5.74) is 2.10. The maximum atomic E-state index is 11.6. The molecular formula is C17H25NO. The highest BCUT2D eigenvalue weighted by Gasteiger charge is 2.21. The predicted molar refractivity (Wildman–Crippen MR) is 80.8 cm³/mol. The van der Waals surface area contributed by atoms with Crippen molar-refractivity contribution in [2.45, 2.75) is 40.0 Å². The monoisotopic (exact) mass is 259 g/mol. The molecule has 2 heteroatoms. The lowest BCUT2D eigenvalue weighted by molar-refractivity contribution is 0.0988. The first-order valence-electron chi connectivity index (χ1n) is 7.50. The molecule has 1 heterocycles. The molecule has 0 aromatic heterocycles. The summed E-state index contributed by atoms with van der Waals surface area (Å²) in [6, 6.07) is 8.13. The number of nitrogens with zero attached hydrogens (tertiary/aromatic N) is 1. The molecule has 2 rings (SSSR count). The largest absolute Gasteiger partial charge is 0.372 e. The second-order valence-corrected chi connectivity index (χ2v) is 5.89. The van der Waals surface area contributed by atoms with Crippen molar-refractivity contribution in [3.8, 4) is 0 Å². The van der Waals surface area contributed by atoms with Crippen LogP contribution in [0.25, 0.3) is 0 Å². The van der Waals surface area contributed by atoms with E-state index in [-0.39, 0.29) is 5.78 Å². The van der Waals surface area contributed by atoms with Gasteiger partial charge in [-0.1, -0.05) is 20.8 Å². The molecule has 1 aromatic rings. The molecule has 19 heavy (non-hydrogen) atoms. The van der Waals surface area contributed by atoms with Crippen molar-refractivity contribution in [1.82, 2.24) is 0 Å². The summed E-state index contributed by atoms with van der Waals surface area (Å²) < 4.78 is 0. The maximum Gasteiger partial charge on any atom is 0.162 e. The molecule has 0 atom stereocenters. The number of rotatable bonds is 4. The lowest BCUT2D eigenvalue weighted by Gasteiger charge is -2.35. The molecule has 0 N–H and O–H groups in total. The molecule has 0 saturated carbocycles. The topological polar surface area (TPSA) is 20.3 Å². The quantitative estimate of drug-likeness (QED) is 0.757. The SMILES string of the molecule is CCC(=O)c1ccc(N2CCC(C(C)C)CC2)cc1. The number of hydrogen-bond acceptors (Lipinski definition) is 2. The van der Waals surface area contributed by atoms with Gasteiger partial charge in [0.05, 0.1) is 0 Å². The Balaban J connectivity index is 1.98. The minimum absolute atomic E-state index is 0.227. The molecule has 1 aliphatic rings. The van der Waals surface area contributed by atoms with Crippen molar-refractivity contribution >= 4 is 11.5 Å². The summed E-state index contributed by atoms with van der Waals surface area (Å²) in [5, 5.41) is 0. The van der Waals surface area contributed by atoms with E-state index in [1.54, 1.807) is 0 Å². The molecule has 0 bridgehead atoms. The van der Waals surface area contributed by atoms with Crippen molar-refractivity contribution < 1.29 is 4.79 Å². The van der Waals surface area contributed by atoms with Crippen molar-refractivity contribution in [2.24, 2.45) is 11.8 Å². The number of carbonyl (C=O) groups excluding carboxylic acids is 1. The lowest BCUT2D eigenvalue weighted by Crippen LogP contribution is -2.35. The summed E-state index contributed by atoms with van der Waals surface area (Å²) >= 11 is 0. The molecule has 0 radical (unpaired) electrons. The second kappa shape index (κ2) is 6.23. The maximum absolute atomic E-state index is 11.6. The number of hydrogen-bond donors (Lipinski definition) is 0. The Hall–Kier alpha value is -1.31. The molecule has 1 saturated heterocycles. The summed E-state index contributed by atoms with van der Waals surface area (Å²) in [4.78, 5) is 14.0. The van der Waals surface area contributed by atoms with Gasteiger partial charge < -0.3 is 4.90 Å². The third-order valence-electron chi connectivity index (χ3n) is 4.36. The lowest BCUT2D eigenvalue weighted by atomic mass is 9.86. The number of carbonyl (C=O) groups is 1. The predicted octanol–water partition coefficient (Wildman–Crippen LogP) is 4.15. The highest BCUT2D eigenvalue weighted by molar-refractivity contribution is 5.96. The summed E-state index contributed by atoms with van der Waals surface area (Å²) in [5.74, 6) is 1.90. The van der Waals surface area contributed by atoms with E-state index in [1.807, 2.05) is 19.1 Å². The van der Waals surface area contributed by atoms with Crippen LogP contribution in [0, 0.1) is 11.8 Å². The number of benzene rings is 1. The van der Waals surface area contributed by atoms with Gasteiger partial charge >= 0.3 is 0 Å². The molecule has 0 amide bonds. The van der Waals surface area contributed by atoms with Crippen LogP contribution in [0.4, 0.5) is 5.69 Å². The van der Waals surface area contributed by atoms with E-state index in [4.69, 9.17) is 0 Å². The number of Topliss-reactive ketones (excluding diaryl/α,β-unsaturated/α-hetero) is 1. The van der Waals surface area contributed by atoms with E-state index in [9.17, 15) is 4.79 Å². The van der Waals surface area contributed by atoms with E-state index in [0.717, 1.165) is 30.5 Å². The molecular weight excluding hydrogens is 234 g/mol. The normalized spacial score (nSPS) is 16.9. The minimum atomic E-state index is 0.227. The first-order chi connectivity index (χ1) is 9.11. The van der Waals surface area contributed by atoms with Crippen LogP contribution >= 0.6 is 0 Å². The van der Waals surface area contributed by atoms with Crippen LogP contribution < -0.4 is 4.90 Å². The number of anilines is 1. The van der Waals surface area contributed by atoms with Gasteiger partial charge in [-0.3, -0.25) is 4.79 Å². The Morgan fingerprint density at radius 3 is 2.26 bits per heavy atom. The fourth-order valence-corrected chi connectivity index (χ4v) is 2.89. The minimum Gasteiger partial charge on any atom is -0.372 e. The number of piperidine rings is 1. The fraction of sp³-hybridized carbons (Fsp3) is 0.588. The van der Waals surface area contributed by atoms with Gasteiger partial charge in [-0.25, -0.2) is 0 Å². The van der Waals surface area contributed by atoms with Gasteiger partial charge in [-0.05, 0) is 48.9 Å². The number of ketones is 1. The third-order valence-corrected chi connectivity index (χ3v) is 4.36. The first-order valence-corrected chi connectivity index (χ1v) is 7.50. The fourth-order valence-electron chi connectivity index (χ4n) is 2.89. The van der Waals surface area contributed by atoms with Crippen molar-refractivity contribution in [3.63, 3.8) is 0 Å². The summed E-state index contributed by atoms with van der Waals surface area (Å²) in [6.07, 6.45) is 3.15. The summed E-state index contributed by atoms with van der Waals surface area (Å²) in [6.45, 7) is 8.84. The Morgan fingerprint density at radius 1 is 1.21 bits per heavy atom. The highest BCUT2D eigenvalue weighted by atomic mass is 16.1. The molecule has 104 valence electrons. The van der Waals surface area contributed by atoms with Crippen LogP contribution in [-0.4, -0.2) is 18.9 Å². The van der Waals surface area contributed by atoms with Gasteiger partial charge in [-0.2, -0.15) is 0 Å². The average Bonchev–Trinajstić information content (AvgIpc) is 2.46. The highest BCUT2D eigenvalue weighted by Crippen LogP contribution is 2.27. The molecule has 2 nitrogen and oxygen atoms in total. The zero-order valence-electron chi connectivity index (χ0n) is 12.4. The first kappa shape index (κ1) is 14.1. The van der Waals surface area contributed by atoms with E-state index in [0.29, 0.717) is 6.42 Å². The molecule has 1 aliphatic heterocycles. The van der Waals surface area contributed by atoms with Crippen molar-refractivity contribution in [2.75, 3.05) is 18.0 Å². The molecule has 0 aliphatic carbocycles. The van der Waals surface area contributed by atoms with Gasteiger partial charge in [0.1, 0.15) is 0 Å². The van der Waals surface area contributed by atoms with Gasteiger partial charge in [0.15, 0.2) is 5.78 Å². The van der Waals surface area contributed by atoms with Gasteiger partial charge in [-0.15, -0.1) is 0 Å². The van der Waals surface area contributed by atoms with Crippen LogP contribution in [0.15, 0.2) is 24.3 Å². The Labute approximate surface area is 116 Å². The van der Waals surface area contributed by atoms with Crippen LogP contribution in [0.2, 0.25) is 0 Å². The zero-order chi connectivity index (χ0) is 13.8. The summed E-state index contributed by atoms with van der Waals surface area (Å²) in [7, 11) is 0. The smallest absolute Gasteiger partial charge is 0.162 e. The molecule has 1 aromatic carbocycles. The molecule has 0 unspecified atom stereocenters. The Kier molecular flexibility index (Phi) is 4.62. The second-order valence-electron chi connectivity index (χ2n) is 5.89. The van der Waals surface area contributed by atoms with E-state index in [1.165, 1.54) is 18.5 Å². The van der Waals surface area contributed by atoms with Gasteiger partial charge in [0.2, 0.25) is 0 Å². The van der Waals surface area contributed by atoms with Crippen molar-refractivity contribution in [1.29, 1.82) is 0 Å². The zero-order valence-corrected chi connectivity index (χ0v) is 12.4. The van der Waals surface area contributed by atoms with E-state index < -0.39 is 0 Å². The Bertz CT molecular complexity index is 413. The Morgan fingerprint density at radius 2 is 1.79 bits per heavy atom. The van der Waals surface area contributed by atoms with Crippen LogP contribution in [0.1, 0.15) is 50.4 Å². The van der Waals surface area contributed by atoms with E-state index in [2.05, 4.69) is 30.9 Å². The van der Waals surface area contributed by atoms with Crippen LogP contribution in [0.5, 0.6) is 0 Å².